The maximum atomic E-state index is 13.4. The van der Waals surface area contributed by atoms with Crippen molar-refractivity contribution in [1.29, 1.82) is 0 Å². The van der Waals surface area contributed by atoms with Crippen LogP contribution in [0.25, 0.3) is 0 Å². The highest BCUT2D eigenvalue weighted by molar-refractivity contribution is 5.47. The molecule has 0 aliphatic heterocycles. The Bertz CT molecular complexity index is 549. The van der Waals surface area contributed by atoms with Gasteiger partial charge >= 0.3 is 0 Å². The highest BCUT2D eigenvalue weighted by atomic mass is 19.1. The largest absolute Gasteiger partial charge is 0.378 e. The van der Waals surface area contributed by atoms with Crippen molar-refractivity contribution in [2.45, 2.75) is 13.0 Å². The van der Waals surface area contributed by atoms with E-state index in [-0.39, 0.29) is 11.9 Å². The Hall–Kier alpha value is -1.87. The van der Waals surface area contributed by atoms with Gasteiger partial charge in [0.25, 0.3) is 0 Å². The number of halogens is 1. The molecular formula is C17H21FN2. The second kappa shape index (κ2) is 6.53. The Labute approximate surface area is 120 Å². The first kappa shape index (κ1) is 14.5. The first-order chi connectivity index (χ1) is 9.61. The highest BCUT2D eigenvalue weighted by Crippen LogP contribution is 2.24. The molecule has 0 saturated carbocycles. The standard InChI is InChI=1S/C17H21FN2/c1-4-19-17(14-6-5-7-15(18)12-14)13-8-10-16(11-9-13)20(2)3/h5-12,17,19H,4H2,1-3H3. The lowest BCUT2D eigenvalue weighted by molar-refractivity contribution is 0.603. The zero-order chi connectivity index (χ0) is 14.5. The minimum atomic E-state index is -0.199. The summed E-state index contributed by atoms with van der Waals surface area (Å²) in [6, 6.07) is 15.1. The van der Waals surface area contributed by atoms with Crippen molar-refractivity contribution in [1.82, 2.24) is 5.32 Å². The molecular weight excluding hydrogens is 251 g/mol. The molecule has 2 aromatic carbocycles. The van der Waals surface area contributed by atoms with E-state index in [1.54, 1.807) is 12.1 Å². The lowest BCUT2D eigenvalue weighted by Gasteiger charge is -2.20. The molecule has 106 valence electrons. The average molecular weight is 272 g/mol. The first-order valence-corrected chi connectivity index (χ1v) is 6.88. The summed E-state index contributed by atoms with van der Waals surface area (Å²) in [5.41, 5.74) is 3.25. The zero-order valence-electron chi connectivity index (χ0n) is 12.2. The molecule has 0 amide bonds. The van der Waals surface area contributed by atoms with Crippen LogP contribution in [0.2, 0.25) is 0 Å². The van der Waals surface area contributed by atoms with E-state index in [2.05, 4.69) is 41.4 Å². The number of benzene rings is 2. The van der Waals surface area contributed by atoms with Crippen molar-refractivity contribution >= 4 is 5.69 Å². The second-order valence-electron chi connectivity index (χ2n) is 5.03. The molecule has 0 heterocycles. The van der Waals surface area contributed by atoms with E-state index in [9.17, 15) is 4.39 Å². The normalized spacial score (nSPS) is 12.2. The maximum absolute atomic E-state index is 13.4. The molecule has 20 heavy (non-hydrogen) atoms. The van der Waals surface area contributed by atoms with Crippen LogP contribution in [0.1, 0.15) is 24.1 Å². The molecule has 0 aliphatic rings. The Morgan fingerprint density at radius 3 is 2.30 bits per heavy atom. The van der Waals surface area contributed by atoms with Gasteiger partial charge < -0.3 is 10.2 Å². The molecule has 0 aliphatic carbocycles. The van der Waals surface area contributed by atoms with Crippen LogP contribution in [-0.4, -0.2) is 20.6 Å². The van der Waals surface area contributed by atoms with Crippen LogP contribution in [0.3, 0.4) is 0 Å². The van der Waals surface area contributed by atoms with Gasteiger partial charge in [-0.2, -0.15) is 0 Å². The van der Waals surface area contributed by atoms with E-state index >= 15 is 0 Å². The summed E-state index contributed by atoms with van der Waals surface area (Å²) < 4.78 is 13.4. The molecule has 3 heteroatoms. The topological polar surface area (TPSA) is 15.3 Å². The predicted octanol–water partition coefficient (Wildman–Crippen LogP) is 3.59. The average Bonchev–Trinajstić information content (AvgIpc) is 2.45. The van der Waals surface area contributed by atoms with E-state index in [0.29, 0.717) is 0 Å². The van der Waals surface area contributed by atoms with Crippen LogP contribution in [0, 0.1) is 5.82 Å². The van der Waals surface area contributed by atoms with E-state index < -0.39 is 0 Å². The van der Waals surface area contributed by atoms with Gasteiger partial charge in [-0.1, -0.05) is 31.2 Å². The number of hydrogen-bond acceptors (Lipinski definition) is 2. The van der Waals surface area contributed by atoms with Gasteiger partial charge in [0.2, 0.25) is 0 Å². The van der Waals surface area contributed by atoms with Gasteiger partial charge in [0.15, 0.2) is 0 Å². The molecule has 0 radical (unpaired) electrons. The minimum absolute atomic E-state index is 0.0203. The highest BCUT2D eigenvalue weighted by Gasteiger charge is 2.13. The summed E-state index contributed by atoms with van der Waals surface area (Å²) in [4.78, 5) is 2.06. The summed E-state index contributed by atoms with van der Waals surface area (Å²) in [6.07, 6.45) is 0. The van der Waals surface area contributed by atoms with E-state index in [1.807, 2.05) is 20.2 Å². The third-order valence-electron chi connectivity index (χ3n) is 3.33. The monoisotopic (exact) mass is 272 g/mol. The van der Waals surface area contributed by atoms with Gasteiger partial charge in [-0.05, 0) is 41.9 Å². The van der Waals surface area contributed by atoms with Crippen LogP contribution < -0.4 is 10.2 Å². The Morgan fingerprint density at radius 2 is 1.75 bits per heavy atom. The lowest BCUT2D eigenvalue weighted by atomic mass is 9.98. The fourth-order valence-corrected chi connectivity index (χ4v) is 2.28. The van der Waals surface area contributed by atoms with Gasteiger partial charge in [0, 0.05) is 19.8 Å². The molecule has 2 rings (SSSR count). The molecule has 0 aromatic heterocycles. The number of nitrogens with one attached hydrogen (secondary N) is 1. The number of hydrogen-bond donors (Lipinski definition) is 1. The number of nitrogens with zero attached hydrogens (tertiary/aromatic N) is 1. The Morgan fingerprint density at radius 1 is 1.05 bits per heavy atom. The van der Waals surface area contributed by atoms with E-state index in [0.717, 1.165) is 23.4 Å². The molecule has 0 spiro atoms. The smallest absolute Gasteiger partial charge is 0.123 e. The molecule has 1 N–H and O–H groups in total. The van der Waals surface area contributed by atoms with Crippen molar-refractivity contribution in [2.24, 2.45) is 0 Å². The van der Waals surface area contributed by atoms with Gasteiger partial charge in [0.05, 0.1) is 6.04 Å². The van der Waals surface area contributed by atoms with Crippen molar-refractivity contribution < 1.29 is 4.39 Å². The first-order valence-electron chi connectivity index (χ1n) is 6.88. The van der Waals surface area contributed by atoms with E-state index in [1.165, 1.54) is 6.07 Å². The minimum Gasteiger partial charge on any atom is -0.378 e. The number of anilines is 1. The summed E-state index contributed by atoms with van der Waals surface area (Å²) in [7, 11) is 4.03. The SMILES string of the molecule is CCNC(c1ccc(N(C)C)cc1)c1cccc(F)c1. The summed E-state index contributed by atoms with van der Waals surface area (Å²) >= 11 is 0. The second-order valence-corrected chi connectivity index (χ2v) is 5.03. The summed E-state index contributed by atoms with van der Waals surface area (Å²) in [5, 5.41) is 3.41. The van der Waals surface area contributed by atoms with Crippen molar-refractivity contribution in [3.63, 3.8) is 0 Å². The molecule has 2 aromatic rings. The molecule has 2 nitrogen and oxygen atoms in total. The molecule has 1 unspecified atom stereocenters. The molecule has 0 saturated heterocycles. The Balaban J connectivity index is 2.33. The number of rotatable bonds is 5. The van der Waals surface area contributed by atoms with Crippen molar-refractivity contribution in [3.8, 4) is 0 Å². The lowest BCUT2D eigenvalue weighted by Crippen LogP contribution is -2.22. The predicted molar refractivity (Wildman–Crippen MR) is 82.7 cm³/mol. The van der Waals surface area contributed by atoms with Crippen molar-refractivity contribution in [2.75, 3.05) is 25.5 Å². The van der Waals surface area contributed by atoms with Gasteiger partial charge in [-0.25, -0.2) is 4.39 Å². The summed E-state index contributed by atoms with van der Waals surface area (Å²) in [5.74, 6) is -0.199. The van der Waals surface area contributed by atoms with Crippen LogP contribution in [0.15, 0.2) is 48.5 Å². The van der Waals surface area contributed by atoms with Gasteiger partial charge in [0.1, 0.15) is 5.82 Å². The summed E-state index contributed by atoms with van der Waals surface area (Å²) in [6.45, 7) is 2.89. The quantitative estimate of drug-likeness (QED) is 0.895. The molecule has 0 bridgehead atoms. The van der Waals surface area contributed by atoms with Crippen LogP contribution in [-0.2, 0) is 0 Å². The van der Waals surface area contributed by atoms with Crippen LogP contribution in [0.5, 0.6) is 0 Å². The van der Waals surface area contributed by atoms with Crippen molar-refractivity contribution in [3.05, 3.63) is 65.5 Å². The maximum Gasteiger partial charge on any atom is 0.123 e. The molecule has 1 atom stereocenters. The van der Waals surface area contributed by atoms with E-state index in [4.69, 9.17) is 0 Å². The fraction of sp³-hybridized carbons (Fsp3) is 0.294. The van der Waals surface area contributed by atoms with Gasteiger partial charge in [-0.15, -0.1) is 0 Å². The van der Waals surface area contributed by atoms with Crippen LogP contribution in [0.4, 0.5) is 10.1 Å². The molecule has 0 fully saturated rings. The van der Waals surface area contributed by atoms with Gasteiger partial charge in [-0.3, -0.25) is 0 Å². The Kier molecular flexibility index (Phi) is 4.74. The third kappa shape index (κ3) is 3.36. The fourth-order valence-electron chi connectivity index (χ4n) is 2.28. The third-order valence-corrected chi connectivity index (χ3v) is 3.33. The van der Waals surface area contributed by atoms with Crippen LogP contribution >= 0.6 is 0 Å². The zero-order valence-corrected chi connectivity index (χ0v) is 12.2.